The largest absolute Gasteiger partial charge is 0.351 e. The van der Waals surface area contributed by atoms with E-state index in [1.807, 2.05) is 36.5 Å². The summed E-state index contributed by atoms with van der Waals surface area (Å²) in [7, 11) is 0. The fourth-order valence-corrected chi connectivity index (χ4v) is 2.44. The Labute approximate surface area is 125 Å². The molecule has 0 unspecified atom stereocenters. The van der Waals surface area contributed by atoms with Gasteiger partial charge in [0.2, 0.25) is 11.1 Å². The average Bonchev–Trinajstić information content (AvgIpc) is 2.86. The molecule has 0 aliphatic rings. The molecule has 9 heteroatoms. The van der Waals surface area contributed by atoms with E-state index in [2.05, 4.69) is 15.5 Å². The first-order valence-corrected chi connectivity index (χ1v) is 6.98. The van der Waals surface area contributed by atoms with Crippen molar-refractivity contribution in [3.8, 4) is 5.69 Å². The maximum absolute atomic E-state index is 11.7. The van der Waals surface area contributed by atoms with Crippen LogP contribution < -0.4 is 11.1 Å². The zero-order valence-corrected chi connectivity index (χ0v) is 12.3. The number of benzene rings is 1. The summed E-state index contributed by atoms with van der Waals surface area (Å²) in [6, 6.07) is 6.73. The molecule has 0 aliphatic heterocycles. The molecule has 1 heterocycles. The van der Waals surface area contributed by atoms with Crippen LogP contribution in [-0.2, 0) is 4.79 Å². The number of hydrogen-bond donors (Lipinski definition) is 2. The summed E-state index contributed by atoms with van der Waals surface area (Å²) >= 11 is 1.14. The van der Waals surface area contributed by atoms with Gasteiger partial charge in [0, 0.05) is 0 Å². The molecule has 1 aromatic carbocycles. The third-order valence-electron chi connectivity index (χ3n) is 2.68. The Kier molecular flexibility index (Phi) is 4.53. The average molecular weight is 306 g/mol. The normalized spacial score (nSPS) is 11.9. The maximum Gasteiger partial charge on any atom is 0.318 e. The summed E-state index contributed by atoms with van der Waals surface area (Å²) in [5, 5.41) is 13.4. The van der Waals surface area contributed by atoms with Crippen LogP contribution in [0.3, 0.4) is 0 Å². The highest BCUT2D eigenvalue weighted by Gasteiger charge is 2.20. The number of tetrazole rings is 1. The summed E-state index contributed by atoms with van der Waals surface area (Å²) in [5.41, 5.74) is 6.75. The number of imide groups is 1. The summed E-state index contributed by atoms with van der Waals surface area (Å²) < 4.78 is 1.55. The number of nitrogens with two attached hydrogens (primary N) is 1. The van der Waals surface area contributed by atoms with Gasteiger partial charge in [0.1, 0.15) is 0 Å². The van der Waals surface area contributed by atoms with Crippen LogP contribution in [0.25, 0.3) is 5.69 Å². The molecule has 0 aliphatic carbocycles. The fourth-order valence-electron chi connectivity index (χ4n) is 1.64. The molecule has 110 valence electrons. The quantitative estimate of drug-likeness (QED) is 0.801. The van der Waals surface area contributed by atoms with Gasteiger partial charge >= 0.3 is 6.03 Å². The number of primary amides is 1. The van der Waals surface area contributed by atoms with Gasteiger partial charge in [-0.1, -0.05) is 30.0 Å². The molecule has 0 saturated carbocycles. The van der Waals surface area contributed by atoms with Crippen LogP contribution in [0.4, 0.5) is 4.79 Å². The van der Waals surface area contributed by atoms with Crippen molar-refractivity contribution in [3.63, 3.8) is 0 Å². The first kappa shape index (κ1) is 15.0. The predicted octanol–water partition coefficient (Wildman–Crippen LogP) is 0.646. The van der Waals surface area contributed by atoms with Gasteiger partial charge in [0.15, 0.2) is 0 Å². The summed E-state index contributed by atoms with van der Waals surface area (Å²) in [4.78, 5) is 22.4. The SMILES string of the molecule is Cc1ccccc1-n1nnnc1S[C@H](C)C(=O)NC(N)=O. The lowest BCUT2D eigenvalue weighted by Gasteiger charge is -2.10. The first-order chi connectivity index (χ1) is 9.99. The van der Waals surface area contributed by atoms with E-state index in [-0.39, 0.29) is 0 Å². The van der Waals surface area contributed by atoms with Gasteiger partial charge in [0.05, 0.1) is 10.9 Å². The lowest BCUT2D eigenvalue weighted by atomic mass is 10.2. The van der Waals surface area contributed by atoms with Gasteiger partial charge < -0.3 is 5.73 Å². The number of nitrogens with one attached hydrogen (secondary N) is 1. The van der Waals surface area contributed by atoms with Gasteiger partial charge in [-0.15, -0.1) is 5.10 Å². The summed E-state index contributed by atoms with van der Waals surface area (Å²) in [6.45, 7) is 3.58. The van der Waals surface area contributed by atoms with Crippen molar-refractivity contribution in [2.45, 2.75) is 24.3 Å². The molecule has 0 radical (unpaired) electrons. The van der Waals surface area contributed by atoms with E-state index in [0.717, 1.165) is 23.0 Å². The predicted molar refractivity (Wildman–Crippen MR) is 76.9 cm³/mol. The monoisotopic (exact) mass is 306 g/mol. The molecule has 8 nitrogen and oxygen atoms in total. The van der Waals surface area contributed by atoms with Crippen molar-refractivity contribution in [2.75, 3.05) is 0 Å². The lowest BCUT2D eigenvalue weighted by Crippen LogP contribution is -2.39. The van der Waals surface area contributed by atoms with Crippen LogP contribution >= 0.6 is 11.8 Å². The zero-order chi connectivity index (χ0) is 15.4. The second kappa shape index (κ2) is 6.35. The second-order valence-corrected chi connectivity index (χ2v) is 5.58. The molecule has 0 fully saturated rings. The second-order valence-electron chi connectivity index (χ2n) is 4.27. The Morgan fingerprint density at radius 3 is 2.76 bits per heavy atom. The first-order valence-electron chi connectivity index (χ1n) is 6.10. The molecule has 0 bridgehead atoms. The molecular formula is C12H14N6O2S. The number of amides is 3. The van der Waals surface area contributed by atoms with Crippen molar-refractivity contribution in [3.05, 3.63) is 29.8 Å². The standard InChI is InChI=1S/C12H14N6O2S/c1-7-5-3-4-6-9(7)18-12(15-16-17-18)21-8(2)10(19)14-11(13)20/h3-6,8H,1-2H3,(H3,13,14,19,20)/t8-/m1/s1. The van der Waals surface area contributed by atoms with E-state index in [1.54, 1.807) is 11.6 Å². The lowest BCUT2D eigenvalue weighted by molar-refractivity contribution is -0.119. The van der Waals surface area contributed by atoms with Gasteiger partial charge in [0.25, 0.3) is 0 Å². The molecule has 21 heavy (non-hydrogen) atoms. The van der Waals surface area contributed by atoms with Crippen LogP contribution in [0.1, 0.15) is 12.5 Å². The molecule has 2 aromatic rings. The topological polar surface area (TPSA) is 116 Å². The maximum atomic E-state index is 11.7. The van der Waals surface area contributed by atoms with E-state index in [1.165, 1.54) is 0 Å². The van der Waals surface area contributed by atoms with Crippen LogP contribution in [0, 0.1) is 6.92 Å². The highest BCUT2D eigenvalue weighted by molar-refractivity contribution is 8.00. The van der Waals surface area contributed by atoms with E-state index < -0.39 is 17.2 Å². The number of nitrogens with zero attached hydrogens (tertiary/aromatic N) is 4. The van der Waals surface area contributed by atoms with Crippen LogP contribution in [0.15, 0.2) is 29.4 Å². The van der Waals surface area contributed by atoms with Crippen molar-refractivity contribution in [1.29, 1.82) is 0 Å². The molecule has 0 spiro atoms. The van der Waals surface area contributed by atoms with Gasteiger partial charge in [-0.25, -0.2) is 4.79 Å². The zero-order valence-electron chi connectivity index (χ0n) is 11.5. The smallest absolute Gasteiger partial charge is 0.318 e. The van der Waals surface area contributed by atoms with Crippen molar-refractivity contribution in [2.24, 2.45) is 5.73 Å². The van der Waals surface area contributed by atoms with Gasteiger partial charge in [-0.2, -0.15) is 4.68 Å². The fraction of sp³-hybridized carbons (Fsp3) is 0.250. The number of aryl methyl sites for hydroxylation is 1. The number of hydrogen-bond acceptors (Lipinski definition) is 6. The van der Waals surface area contributed by atoms with Crippen LogP contribution in [0.5, 0.6) is 0 Å². The van der Waals surface area contributed by atoms with E-state index in [4.69, 9.17) is 5.73 Å². The third kappa shape index (κ3) is 3.57. The number of para-hydroxylation sites is 1. The third-order valence-corrected chi connectivity index (χ3v) is 3.72. The number of thioether (sulfide) groups is 1. The molecule has 1 aromatic heterocycles. The Morgan fingerprint density at radius 1 is 1.38 bits per heavy atom. The molecular weight excluding hydrogens is 292 g/mol. The van der Waals surface area contributed by atoms with E-state index in [0.29, 0.717) is 5.16 Å². The van der Waals surface area contributed by atoms with E-state index in [9.17, 15) is 9.59 Å². The number of carbonyl (C=O) groups excluding carboxylic acids is 2. The summed E-state index contributed by atoms with van der Waals surface area (Å²) in [6.07, 6.45) is 0. The molecule has 0 saturated heterocycles. The molecule has 1 atom stereocenters. The molecule has 2 rings (SSSR count). The Morgan fingerprint density at radius 2 is 2.10 bits per heavy atom. The van der Waals surface area contributed by atoms with E-state index >= 15 is 0 Å². The van der Waals surface area contributed by atoms with Crippen LogP contribution in [0.2, 0.25) is 0 Å². The highest BCUT2D eigenvalue weighted by atomic mass is 32.2. The molecule has 3 N–H and O–H groups in total. The summed E-state index contributed by atoms with van der Waals surface area (Å²) in [5.74, 6) is -0.494. The van der Waals surface area contributed by atoms with Crippen molar-refractivity contribution >= 4 is 23.7 Å². The minimum atomic E-state index is -0.883. The Bertz CT molecular complexity index is 671. The van der Waals surface area contributed by atoms with Crippen LogP contribution in [-0.4, -0.2) is 37.4 Å². The van der Waals surface area contributed by atoms with Gasteiger partial charge in [-0.3, -0.25) is 10.1 Å². The van der Waals surface area contributed by atoms with Crippen molar-refractivity contribution < 1.29 is 9.59 Å². The molecule has 3 amide bonds. The van der Waals surface area contributed by atoms with Crippen molar-refractivity contribution in [1.82, 2.24) is 25.5 Å². The Balaban J connectivity index is 2.20. The van der Waals surface area contributed by atoms with Gasteiger partial charge in [-0.05, 0) is 35.9 Å². The minimum absolute atomic E-state index is 0.455. The highest BCUT2D eigenvalue weighted by Crippen LogP contribution is 2.24. The minimum Gasteiger partial charge on any atom is -0.351 e. The number of carbonyl (C=O) groups is 2. The Hall–Kier alpha value is -2.42. The number of urea groups is 1. The number of rotatable bonds is 4. The number of aromatic nitrogens is 4.